The lowest BCUT2D eigenvalue weighted by Gasteiger charge is -2.06. The van der Waals surface area contributed by atoms with E-state index >= 15 is 0 Å². The summed E-state index contributed by atoms with van der Waals surface area (Å²) < 4.78 is 5.18. The molecule has 0 aliphatic heterocycles. The van der Waals surface area contributed by atoms with Crippen molar-refractivity contribution in [3.8, 4) is 0 Å². The van der Waals surface area contributed by atoms with E-state index in [-0.39, 0.29) is 6.09 Å². The largest absolute Gasteiger partial charge is 0.445 e. The molecular formula is C22H21NO2. The average Bonchev–Trinajstić information content (AvgIpc) is 2.67. The zero-order chi connectivity index (χ0) is 17.3. The van der Waals surface area contributed by atoms with Crippen molar-refractivity contribution in [2.75, 3.05) is 6.54 Å². The summed E-state index contributed by atoms with van der Waals surface area (Å²) in [5.41, 5.74) is 2.17. The van der Waals surface area contributed by atoms with Crippen molar-refractivity contribution >= 4 is 22.9 Å². The quantitative estimate of drug-likeness (QED) is 0.633. The van der Waals surface area contributed by atoms with Crippen molar-refractivity contribution in [2.24, 2.45) is 0 Å². The molecule has 0 aromatic heterocycles. The zero-order valence-corrected chi connectivity index (χ0v) is 14.0. The number of nitrogens with one attached hydrogen (secondary N) is 1. The zero-order valence-electron chi connectivity index (χ0n) is 14.0. The lowest BCUT2D eigenvalue weighted by Crippen LogP contribution is -2.24. The maximum Gasteiger partial charge on any atom is 0.407 e. The predicted molar refractivity (Wildman–Crippen MR) is 102 cm³/mol. The molecule has 0 fully saturated rings. The number of hydrogen-bond donors (Lipinski definition) is 1. The van der Waals surface area contributed by atoms with Crippen LogP contribution in [0.1, 0.15) is 17.5 Å². The van der Waals surface area contributed by atoms with Gasteiger partial charge in [0.2, 0.25) is 0 Å². The van der Waals surface area contributed by atoms with E-state index in [2.05, 4.69) is 47.8 Å². The van der Waals surface area contributed by atoms with Gasteiger partial charge in [-0.15, -0.1) is 0 Å². The third-order valence-corrected chi connectivity index (χ3v) is 3.91. The lowest BCUT2D eigenvalue weighted by atomic mass is 10.0. The van der Waals surface area contributed by atoms with Gasteiger partial charge in [-0.1, -0.05) is 84.9 Å². The minimum absolute atomic E-state index is 0.290. The SMILES string of the molecule is O=C(NCCC=Cc1cccc2ccccc12)OCc1ccccc1. The first kappa shape index (κ1) is 16.8. The van der Waals surface area contributed by atoms with Crippen LogP contribution in [-0.4, -0.2) is 12.6 Å². The summed E-state index contributed by atoms with van der Waals surface area (Å²) in [4.78, 5) is 11.7. The van der Waals surface area contributed by atoms with Crippen molar-refractivity contribution in [3.05, 3.63) is 90.0 Å². The van der Waals surface area contributed by atoms with Crippen molar-refractivity contribution < 1.29 is 9.53 Å². The van der Waals surface area contributed by atoms with E-state index < -0.39 is 0 Å². The van der Waals surface area contributed by atoms with Crippen molar-refractivity contribution in [1.29, 1.82) is 0 Å². The molecule has 25 heavy (non-hydrogen) atoms. The standard InChI is InChI=1S/C22H21NO2/c24-22(25-17-18-9-2-1-3-10-18)23-16-7-6-12-20-14-8-13-19-11-4-5-15-21(19)20/h1-6,8-15H,7,16-17H2,(H,23,24). The fourth-order valence-corrected chi connectivity index (χ4v) is 2.64. The van der Waals surface area contributed by atoms with Crippen LogP contribution in [0, 0.1) is 0 Å². The first-order chi connectivity index (χ1) is 12.3. The summed E-state index contributed by atoms with van der Waals surface area (Å²) in [5.74, 6) is 0. The summed E-state index contributed by atoms with van der Waals surface area (Å²) in [6, 6.07) is 24.2. The van der Waals surface area contributed by atoms with Gasteiger partial charge < -0.3 is 10.1 Å². The minimum Gasteiger partial charge on any atom is -0.445 e. The Kier molecular flexibility index (Phi) is 5.83. The highest BCUT2D eigenvalue weighted by Gasteiger charge is 2.01. The fourth-order valence-electron chi connectivity index (χ4n) is 2.64. The Balaban J connectivity index is 1.43. The van der Waals surface area contributed by atoms with Gasteiger partial charge in [0.15, 0.2) is 0 Å². The van der Waals surface area contributed by atoms with Crippen LogP contribution in [0.25, 0.3) is 16.8 Å². The Hall–Kier alpha value is -3.07. The molecular weight excluding hydrogens is 310 g/mol. The van der Waals surface area contributed by atoms with Gasteiger partial charge in [0.05, 0.1) is 0 Å². The Labute approximate surface area is 147 Å². The summed E-state index contributed by atoms with van der Waals surface area (Å²) >= 11 is 0. The number of benzene rings is 3. The van der Waals surface area contributed by atoms with Crippen LogP contribution in [0.2, 0.25) is 0 Å². The molecule has 1 amide bonds. The predicted octanol–water partition coefficient (Wildman–Crippen LogP) is 5.17. The van der Waals surface area contributed by atoms with Crippen LogP contribution in [0.3, 0.4) is 0 Å². The maximum absolute atomic E-state index is 11.7. The number of fused-ring (bicyclic) bond motifs is 1. The number of ether oxygens (including phenoxy) is 1. The van der Waals surface area contributed by atoms with Gasteiger partial charge in [-0.3, -0.25) is 0 Å². The monoisotopic (exact) mass is 331 g/mol. The third-order valence-electron chi connectivity index (χ3n) is 3.91. The van der Waals surface area contributed by atoms with Gasteiger partial charge in [-0.05, 0) is 28.3 Å². The lowest BCUT2D eigenvalue weighted by molar-refractivity contribution is 0.140. The molecule has 0 bridgehead atoms. The molecule has 0 radical (unpaired) electrons. The number of amides is 1. The number of alkyl carbamates (subject to hydrolysis) is 1. The number of rotatable bonds is 6. The Morgan fingerprint density at radius 2 is 1.68 bits per heavy atom. The van der Waals surface area contributed by atoms with Crippen LogP contribution in [0.5, 0.6) is 0 Å². The van der Waals surface area contributed by atoms with E-state index in [1.54, 1.807) is 0 Å². The molecule has 3 rings (SSSR count). The number of carbonyl (C=O) groups is 1. The Bertz CT molecular complexity index is 851. The van der Waals surface area contributed by atoms with Gasteiger partial charge in [0, 0.05) is 6.54 Å². The van der Waals surface area contributed by atoms with E-state index in [9.17, 15) is 4.79 Å². The van der Waals surface area contributed by atoms with Crippen LogP contribution < -0.4 is 5.32 Å². The van der Waals surface area contributed by atoms with Crippen LogP contribution in [0.15, 0.2) is 78.9 Å². The van der Waals surface area contributed by atoms with Gasteiger partial charge in [-0.25, -0.2) is 4.79 Å². The molecule has 0 aliphatic carbocycles. The smallest absolute Gasteiger partial charge is 0.407 e. The molecule has 3 aromatic rings. The second-order valence-corrected chi connectivity index (χ2v) is 5.75. The highest BCUT2D eigenvalue weighted by Crippen LogP contribution is 2.19. The molecule has 0 atom stereocenters. The van der Waals surface area contributed by atoms with E-state index in [1.807, 2.05) is 42.5 Å². The maximum atomic E-state index is 11.7. The Morgan fingerprint density at radius 3 is 2.56 bits per heavy atom. The van der Waals surface area contributed by atoms with E-state index in [0.29, 0.717) is 13.2 Å². The van der Waals surface area contributed by atoms with E-state index in [0.717, 1.165) is 12.0 Å². The first-order valence-electron chi connectivity index (χ1n) is 8.42. The molecule has 0 aliphatic rings. The van der Waals surface area contributed by atoms with E-state index in [4.69, 9.17) is 4.74 Å². The molecule has 0 heterocycles. The molecule has 0 unspecified atom stereocenters. The van der Waals surface area contributed by atoms with Gasteiger partial charge in [0.1, 0.15) is 6.61 Å². The number of hydrogen-bond acceptors (Lipinski definition) is 2. The summed E-state index contributed by atoms with van der Waals surface area (Å²) in [7, 11) is 0. The second-order valence-electron chi connectivity index (χ2n) is 5.75. The van der Waals surface area contributed by atoms with Crippen molar-refractivity contribution in [2.45, 2.75) is 13.0 Å². The van der Waals surface area contributed by atoms with E-state index in [1.165, 1.54) is 16.3 Å². The van der Waals surface area contributed by atoms with Gasteiger partial charge in [-0.2, -0.15) is 0 Å². The Morgan fingerprint density at radius 1 is 0.920 bits per heavy atom. The first-order valence-corrected chi connectivity index (χ1v) is 8.42. The normalized spacial score (nSPS) is 10.9. The van der Waals surface area contributed by atoms with Crippen LogP contribution in [0.4, 0.5) is 4.79 Å². The minimum atomic E-state index is -0.387. The molecule has 3 aromatic carbocycles. The molecule has 1 N–H and O–H groups in total. The van der Waals surface area contributed by atoms with Crippen molar-refractivity contribution in [3.63, 3.8) is 0 Å². The summed E-state index contributed by atoms with van der Waals surface area (Å²) in [6.45, 7) is 0.841. The average molecular weight is 331 g/mol. The van der Waals surface area contributed by atoms with Gasteiger partial charge >= 0.3 is 6.09 Å². The topological polar surface area (TPSA) is 38.3 Å². The molecule has 0 saturated carbocycles. The van der Waals surface area contributed by atoms with Gasteiger partial charge in [0.25, 0.3) is 0 Å². The molecule has 3 heteroatoms. The van der Waals surface area contributed by atoms with Crippen LogP contribution in [-0.2, 0) is 11.3 Å². The highest BCUT2D eigenvalue weighted by atomic mass is 16.5. The summed E-state index contributed by atoms with van der Waals surface area (Å²) in [6.07, 6.45) is 4.53. The second kappa shape index (κ2) is 8.69. The molecule has 0 spiro atoms. The molecule has 3 nitrogen and oxygen atoms in total. The molecule has 0 saturated heterocycles. The number of carbonyl (C=O) groups excluding carboxylic acids is 1. The molecule has 126 valence electrons. The summed E-state index contributed by atoms with van der Waals surface area (Å²) in [5, 5.41) is 5.23. The fraction of sp³-hybridized carbons (Fsp3) is 0.136. The van der Waals surface area contributed by atoms with Crippen molar-refractivity contribution in [1.82, 2.24) is 5.32 Å². The van der Waals surface area contributed by atoms with Crippen LogP contribution >= 0.6 is 0 Å². The highest BCUT2D eigenvalue weighted by molar-refractivity contribution is 5.90. The third kappa shape index (κ3) is 4.95.